The van der Waals surface area contributed by atoms with Gasteiger partial charge < -0.3 is 14.2 Å². The molecule has 2 aromatic carbocycles. The van der Waals surface area contributed by atoms with E-state index in [0.717, 1.165) is 37.2 Å². The van der Waals surface area contributed by atoms with E-state index in [1.807, 2.05) is 6.07 Å². The molecule has 4 aliphatic rings. The third kappa shape index (κ3) is 4.92. The zero-order chi connectivity index (χ0) is 28.7. The minimum atomic E-state index is -1.01. The molecule has 8 heteroatoms. The van der Waals surface area contributed by atoms with E-state index < -0.39 is 53.7 Å². The standard InChI is InChI=1S/C33H33NO7/c1-2-3-6-18-9-11-19(12-10-18)22-14-13-21(15-20(22)17-34)39-30-27(25-16-26(35)40-31(25)36)23-7-4-5-8-24(23)28-29(30)33(38)41-32(28)37/h4-5,7-8,13-15,18-19,25,27-30H,2-3,6,9-12,16H2,1H3. The van der Waals surface area contributed by atoms with Crippen molar-refractivity contribution in [3.05, 3.63) is 64.7 Å². The third-order valence-corrected chi connectivity index (χ3v) is 9.49. The molecule has 2 aromatic rings. The van der Waals surface area contributed by atoms with Gasteiger partial charge in [0.15, 0.2) is 0 Å². The molecule has 8 nitrogen and oxygen atoms in total. The lowest BCUT2D eigenvalue weighted by Crippen LogP contribution is -2.46. The Bertz CT molecular complexity index is 1430. The van der Waals surface area contributed by atoms with Crippen molar-refractivity contribution in [1.82, 2.24) is 0 Å². The summed E-state index contributed by atoms with van der Waals surface area (Å²) in [4.78, 5) is 50.8. The first-order valence-electron chi connectivity index (χ1n) is 14.7. The molecule has 2 aliphatic heterocycles. The van der Waals surface area contributed by atoms with Crippen LogP contribution in [-0.2, 0) is 28.7 Å². The molecule has 41 heavy (non-hydrogen) atoms. The van der Waals surface area contributed by atoms with Crippen LogP contribution >= 0.6 is 0 Å². The van der Waals surface area contributed by atoms with Gasteiger partial charge in [-0.25, -0.2) is 0 Å². The lowest BCUT2D eigenvalue weighted by atomic mass is 9.65. The maximum Gasteiger partial charge on any atom is 0.322 e. The Balaban J connectivity index is 1.33. The maximum atomic E-state index is 13.1. The number of hydrogen-bond acceptors (Lipinski definition) is 8. The van der Waals surface area contributed by atoms with Gasteiger partial charge in [-0.05, 0) is 66.3 Å². The van der Waals surface area contributed by atoms with Gasteiger partial charge in [0.05, 0.1) is 29.9 Å². The molecular formula is C33H33NO7. The summed E-state index contributed by atoms with van der Waals surface area (Å²) in [6, 6.07) is 14.8. The monoisotopic (exact) mass is 555 g/mol. The zero-order valence-corrected chi connectivity index (χ0v) is 23.0. The average Bonchev–Trinajstić information content (AvgIpc) is 3.48. The van der Waals surface area contributed by atoms with Crippen LogP contribution in [0, 0.1) is 29.1 Å². The first kappa shape index (κ1) is 27.2. The number of rotatable bonds is 7. The van der Waals surface area contributed by atoms with Gasteiger partial charge in [-0.3, -0.25) is 19.2 Å². The predicted molar refractivity (Wildman–Crippen MR) is 146 cm³/mol. The number of cyclic esters (lactones) is 4. The quantitative estimate of drug-likeness (QED) is 0.327. The maximum absolute atomic E-state index is 13.1. The van der Waals surface area contributed by atoms with Gasteiger partial charge in [0.25, 0.3) is 0 Å². The van der Waals surface area contributed by atoms with Crippen LogP contribution in [0.2, 0.25) is 0 Å². The van der Waals surface area contributed by atoms with Crippen molar-refractivity contribution >= 4 is 23.9 Å². The first-order valence-corrected chi connectivity index (χ1v) is 14.7. The molecule has 2 aliphatic carbocycles. The molecule has 3 fully saturated rings. The number of fused-ring (bicyclic) bond motifs is 3. The van der Waals surface area contributed by atoms with E-state index in [0.29, 0.717) is 28.4 Å². The average molecular weight is 556 g/mol. The highest BCUT2D eigenvalue weighted by Crippen LogP contribution is 2.52. The highest BCUT2D eigenvalue weighted by molar-refractivity contribution is 6.01. The van der Waals surface area contributed by atoms with Gasteiger partial charge in [0, 0.05) is 5.92 Å². The molecule has 5 atom stereocenters. The summed E-state index contributed by atoms with van der Waals surface area (Å²) in [6.45, 7) is 2.22. The Hall–Kier alpha value is -3.99. The largest absolute Gasteiger partial charge is 0.489 e. The number of hydrogen-bond donors (Lipinski definition) is 0. The van der Waals surface area contributed by atoms with E-state index in [1.54, 1.807) is 36.4 Å². The summed E-state index contributed by atoms with van der Waals surface area (Å²) in [6.07, 6.45) is 6.99. The molecule has 0 bridgehead atoms. The van der Waals surface area contributed by atoms with E-state index in [4.69, 9.17) is 14.2 Å². The van der Waals surface area contributed by atoms with Gasteiger partial charge in [-0.1, -0.05) is 56.5 Å². The van der Waals surface area contributed by atoms with E-state index >= 15 is 0 Å². The van der Waals surface area contributed by atoms with Crippen molar-refractivity contribution in [2.45, 2.75) is 82.1 Å². The van der Waals surface area contributed by atoms with Gasteiger partial charge in [0.2, 0.25) is 0 Å². The molecule has 2 heterocycles. The number of carbonyl (C=O) groups is 4. The molecule has 2 saturated heterocycles. The summed E-state index contributed by atoms with van der Waals surface area (Å²) in [7, 11) is 0. The number of esters is 4. The number of carbonyl (C=O) groups excluding carboxylic acids is 4. The molecule has 212 valence electrons. The fraction of sp³-hybridized carbons (Fsp3) is 0.485. The Labute approximate surface area is 239 Å². The topological polar surface area (TPSA) is 120 Å². The van der Waals surface area contributed by atoms with Gasteiger partial charge in [0.1, 0.15) is 17.8 Å². The Kier molecular flexibility index (Phi) is 7.37. The molecule has 0 N–H and O–H groups in total. The molecule has 0 amide bonds. The van der Waals surface area contributed by atoms with E-state index in [-0.39, 0.29) is 6.42 Å². The van der Waals surface area contributed by atoms with Gasteiger partial charge in [-0.2, -0.15) is 5.26 Å². The van der Waals surface area contributed by atoms with Gasteiger partial charge >= 0.3 is 23.9 Å². The first-order chi connectivity index (χ1) is 19.9. The van der Waals surface area contributed by atoms with Crippen molar-refractivity contribution in [3.63, 3.8) is 0 Å². The van der Waals surface area contributed by atoms with Crippen molar-refractivity contribution in [1.29, 1.82) is 5.26 Å². The number of benzene rings is 2. The van der Waals surface area contributed by atoms with Crippen LogP contribution in [-0.4, -0.2) is 30.0 Å². The fourth-order valence-corrected chi connectivity index (χ4v) is 7.49. The third-order valence-electron chi connectivity index (χ3n) is 9.49. The fourth-order valence-electron chi connectivity index (χ4n) is 7.49. The number of unbranched alkanes of at least 4 members (excludes halogenated alkanes) is 1. The van der Waals surface area contributed by atoms with E-state index in [9.17, 15) is 24.4 Å². The normalized spacial score (nSPS) is 30.7. The Morgan fingerprint density at radius 3 is 2.32 bits per heavy atom. The number of ether oxygens (including phenoxy) is 3. The summed E-state index contributed by atoms with van der Waals surface area (Å²) in [5.74, 6) is -4.78. The molecule has 5 unspecified atom stereocenters. The van der Waals surface area contributed by atoms with E-state index in [2.05, 4.69) is 13.0 Å². The number of nitrogens with zero attached hydrogens (tertiary/aromatic N) is 1. The van der Waals surface area contributed by atoms with E-state index in [1.165, 1.54) is 19.3 Å². The molecule has 0 radical (unpaired) electrons. The Morgan fingerprint density at radius 2 is 1.63 bits per heavy atom. The Morgan fingerprint density at radius 1 is 0.878 bits per heavy atom. The summed E-state index contributed by atoms with van der Waals surface area (Å²) < 4.78 is 16.4. The second-order valence-corrected chi connectivity index (χ2v) is 11.8. The second kappa shape index (κ2) is 11.1. The lowest BCUT2D eigenvalue weighted by molar-refractivity contribution is -0.156. The summed E-state index contributed by atoms with van der Waals surface area (Å²) >= 11 is 0. The lowest BCUT2D eigenvalue weighted by Gasteiger charge is -2.40. The minimum absolute atomic E-state index is 0.151. The van der Waals surface area contributed by atoms with Crippen molar-refractivity contribution in [2.24, 2.45) is 17.8 Å². The highest BCUT2D eigenvalue weighted by Gasteiger charge is 2.60. The van der Waals surface area contributed by atoms with Crippen LogP contribution in [0.25, 0.3) is 0 Å². The smallest absolute Gasteiger partial charge is 0.322 e. The van der Waals surface area contributed by atoms with Crippen molar-refractivity contribution < 1.29 is 33.4 Å². The van der Waals surface area contributed by atoms with Crippen LogP contribution in [0.5, 0.6) is 5.75 Å². The molecule has 6 rings (SSSR count). The SMILES string of the molecule is CCCCC1CCC(c2ccc(OC3C4C(=O)OC(=O)C4c4ccccc4C3C3CC(=O)OC3=O)cc2C#N)CC1. The summed E-state index contributed by atoms with van der Waals surface area (Å²) in [5, 5.41) is 10.1. The predicted octanol–water partition coefficient (Wildman–Crippen LogP) is 5.44. The molecule has 0 aromatic heterocycles. The van der Waals surface area contributed by atoms with Crippen LogP contribution in [0.15, 0.2) is 42.5 Å². The summed E-state index contributed by atoms with van der Waals surface area (Å²) in [5.41, 5.74) is 2.76. The van der Waals surface area contributed by atoms with Crippen LogP contribution in [0.1, 0.15) is 98.3 Å². The molecular weight excluding hydrogens is 522 g/mol. The molecule has 0 spiro atoms. The van der Waals surface area contributed by atoms with Crippen molar-refractivity contribution in [3.8, 4) is 11.8 Å². The van der Waals surface area contributed by atoms with Gasteiger partial charge in [-0.15, -0.1) is 0 Å². The zero-order valence-electron chi connectivity index (χ0n) is 23.0. The highest BCUT2D eigenvalue weighted by atomic mass is 16.6. The van der Waals surface area contributed by atoms with Crippen LogP contribution in [0.4, 0.5) is 0 Å². The van der Waals surface area contributed by atoms with Crippen LogP contribution < -0.4 is 4.74 Å². The number of nitriles is 1. The second-order valence-electron chi connectivity index (χ2n) is 11.8. The van der Waals surface area contributed by atoms with Crippen molar-refractivity contribution in [2.75, 3.05) is 0 Å². The minimum Gasteiger partial charge on any atom is -0.489 e. The van der Waals surface area contributed by atoms with Crippen LogP contribution in [0.3, 0.4) is 0 Å². The molecule has 1 saturated carbocycles.